The lowest BCUT2D eigenvalue weighted by molar-refractivity contribution is 0.0866. The first-order chi connectivity index (χ1) is 7.41. The van der Waals surface area contributed by atoms with Gasteiger partial charge in [-0.3, -0.25) is 0 Å². The van der Waals surface area contributed by atoms with Crippen LogP contribution in [0.1, 0.15) is 53.4 Å². The molecule has 3 saturated carbocycles. The molecule has 1 aliphatic heterocycles. The van der Waals surface area contributed by atoms with Gasteiger partial charge in [-0.15, -0.1) is 0 Å². The van der Waals surface area contributed by atoms with Crippen molar-refractivity contribution >= 4 is 0 Å². The molecule has 1 spiro atoms. The van der Waals surface area contributed by atoms with E-state index in [9.17, 15) is 0 Å². The molecule has 90 valence electrons. The van der Waals surface area contributed by atoms with Crippen molar-refractivity contribution in [2.24, 2.45) is 28.6 Å². The van der Waals surface area contributed by atoms with E-state index in [2.05, 4.69) is 27.7 Å². The molecule has 2 bridgehead atoms. The molecule has 3 aliphatic carbocycles. The Hall–Kier alpha value is -0.0400. The largest absolute Gasteiger partial charge is 0.366 e. The van der Waals surface area contributed by atoms with Crippen molar-refractivity contribution < 1.29 is 4.74 Å². The Morgan fingerprint density at radius 1 is 1.00 bits per heavy atom. The van der Waals surface area contributed by atoms with Crippen molar-refractivity contribution in [1.29, 1.82) is 0 Å². The maximum absolute atomic E-state index is 6.09. The highest BCUT2D eigenvalue weighted by molar-refractivity contribution is 5.24. The Kier molecular flexibility index (Phi) is 1.48. The molecule has 1 heterocycles. The fraction of sp³-hybridized carbons (Fsp3) is 1.00. The summed E-state index contributed by atoms with van der Waals surface area (Å²) in [5, 5.41) is 0. The number of rotatable bonds is 0. The normalized spacial score (nSPS) is 65.2. The first-order valence-electron chi connectivity index (χ1n) is 7.09. The summed E-state index contributed by atoms with van der Waals surface area (Å²) in [5.74, 6) is 2.75. The monoisotopic (exact) mass is 220 g/mol. The second-order valence-corrected chi connectivity index (χ2v) is 7.84. The highest BCUT2D eigenvalue weighted by Crippen LogP contribution is 2.77. The molecule has 6 atom stereocenters. The van der Waals surface area contributed by atoms with Gasteiger partial charge in [0.05, 0.1) is 11.7 Å². The van der Waals surface area contributed by atoms with E-state index in [0.29, 0.717) is 16.9 Å². The minimum absolute atomic E-state index is 0.263. The van der Waals surface area contributed by atoms with E-state index >= 15 is 0 Å². The summed E-state index contributed by atoms with van der Waals surface area (Å²) in [6, 6.07) is 0. The molecule has 0 amide bonds. The lowest BCUT2D eigenvalue weighted by Crippen LogP contribution is -2.36. The van der Waals surface area contributed by atoms with E-state index in [1.165, 1.54) is 25.7 Å². The van der Waals surface area contributed by atoms with Gasteiger partial charge in [-0.05, 0) is 61.2 Å². The van der Waals surface area contributed by atoms with Crippen molar-refractivity contribution in [1.82, 2.24) is 0 Å². The zero-order chi connectivity index (χ0) is 11.3. The van der Waals surface area contributed by atoms with Gasteiger partial charge in [0.2, 0.25) is 0 Å². The standard InChI is InChI=1S/C15H24O/c1-9-5-6-10-13(2,3)11-7-15(9,10)8-12-14(11,4)16-12/h9-12H,5-8H2,1-4H3/t9-,10?,11+,12?,14?,15-/m1/s1. The molecule has 1 heteroatoms. The minimum Gasteiger partial charge on any atom is -0.366 e. The van der Waals surface area contributed by atoms with E-state index in [-0.39, 0.29) is 5.60 Å². The molecular weight excluding hydrogens is 196 g/mol. The predicted molar refractivity (Wildman–Crippen MR) is 64.1 cm³/mol. The Labute approximate surface area is 98.9 Å². The number of epoxide rings is 1. The molecule has 4 aliphatic rings. The summed E-state index contributed by atoms with van der Waals surface area (Å²) in [6.07, 6.45) is 6.38. The zero-order valence-electron chi connectivity index (χ0n) is 11.0. The molecule has 0 aromatic rings. The fourth-order valence-electron chi connectivity index (χ4n) is 6.21. The van der Waals surface area contributed by atoms with Gasteiger partial charge in [-0.25, -0.2) is 0 Å². The quantitative estimate of drug-likeness (QED) is 0.568. The van der Waals surface area contributed by atoms with Gasteiger partial charge in [0.25, 0.3) is 0 Å². The molecule has 3 unspecified atom stereocenters. The highest BCUT2D eigenvalue weighted by atomic mass is 16.6. The number of hydrogen-bond acceptors (Lipinski definition) is 1. The van der Waals surface area contributed by atoms with Crippen LogP contribution in [0, 0.1) is 28.6 Å². The summed E-state index contributed by atoms with van der Waals surface area (Å²) in [6.45, 7) is 9.93. The van der Waals surface area contributed by atoms with Crippen LogP contribution >= 0.6 is 0 Å². The van der Waals surface area contributed by atoms with Crippen LogP contribution in [0.25, 0.3) is 0 Å². The van der Waals surface area contributed by atoms with E-state index in [0.717, 1.165) is 17.8 Å². The number of fused-ring (bicyclic) bond motifs is 3. The van der Waals surface area contributed by atoms with Gasteiger partial charge in [0.15, 0.2) is 0 Å². The minimum atomic E-state index is 0.263. The number of hydrogen-bond donors (Lipinski definition) is 0. The van der Waals surface area contributed by atoms with E-state index in [1.54, 1.807) is 0 Å². The van der Waals surface area contributed by atoms with Gasteiger partial charge < -0.3 is 4.74 Å². The first kappa shape index (κ1) is 9.94. The third-order valence-electron chi connectivity index (χ3n) is 7.18. The molecule has 0 aromatic carbocycles. The fourth-order valence-corrected chi connectivity index (χ4v) is 6.21. The molecule has 0 aromatic heterocycles. The van der Waals surface area contributed by atoms with E-state index in [1.807, 2.05) is 0 Å². The molecule has 16 heavy (non-hydrogen) atoms. The van der Waals surface area contributed by atoms with Crippen LogP contribution in [-0.2, 0) is 4.74 Å². The topological polar surface area (TPSA) is 12.5 Å². The molecule has 0 N–H and O–H groups in total. The summed E-state index contributed by atoms with van der Waals surface area (Å²) >= 11 is 0. The Morgan fingerprint density at radius 3 is 2.50 bits per heavy atom. The average molecular weight is 220 g/mol. The number of ether oxygens (including phenoxy) is 1. The summed E-state index contributed by atoms with van der Waals surface area (Å²) in [7, 11) is 0. The van der Waals surface area contributed by atoms with Crippen molar-refractivity contribution in [3.05, 3.63) is 0 Å². The van der Waals surface area contributed by atoms with Gasteiger partial charge in [-0.1, -0.05) is 20.8 Å². The second-order valence-electron chi connectivity index (χ2n) is 7.84. The summed E-state index contributed by atoms with van der Waals surface area (Å²) in [5.41, 5.74) is 1.44. The third-order valence-corrected chi connectivity index (χ3v) is 7.18. The van der Waals surface area contributed by atoms with Crippen LogP contribution in [0.4, 0.5) is 0 Å². The van der Waals surface area contributed by atoms with Crippen LogP contribution < -0.4 is 0 Å². The Bertz CT molecular complexity index is 356. The maximum atomic E-state index is 6.09. The lowest BCUT2D eigenvalue weighted by Gasteiger charge is -2.37. The van der Waals surface area contributed by atoms with Gasteiger partial charge >= 0.3 is 0 Å². The zero-order valence-corrected chi connectivity index (χ0v) is 11.0. The molecule has 1 saturated heterocycles. The molecule has 4 rings (SSSR count). The lowest BCUT2D eigenvalue weighted by atomic mass is 9.66. The van der Waals surface area contributed by atoms with Crippen molar-refractivity contribution in [2.45, 2.75) is 65.1 Å². The molecule has 0 radical (unpaired) electrons. The highest BCUT2D eigenvalue weighted by Gasteiger charge is 2.76. The maximum Gasteiger partial charge on any atom is 0.0954 e. The second kappa shape index (κ2) is 2.39. The van der Waals surface area contributed by atoms with Crippen LogP contribution in [0.15, 0.2) is 0 Å². The Morgan fingerprint density at radius 2 is 1.75 bits per heavy atom. The van der Waals surface area contributed by atoms with Crippen LogP contribution in [0.5, 0.6) is 0 Å². The first-order valence-corrected chi connectivity index (χ1v) is 7.09. The molecule has 4 fully saturated rings. The van der Waals surface area contributed by atoms with Crippen molar-refractivity contribution in [3.63, 3.8) is 0 Å². The van der Waals surface area contributed by atoms with Gasteiger partial charge in [-0.2, -0.15) is 0 Å². The van der Waals surface area contributed by atoms with Crippen LogP contribution in [0.3, 0.4) is 0 Å². The SMILES string of the molecule is C[C@@H]1CCC2C(C)(C)[C@@H]3C[C@]21CC1OC13C. The predicted octanol–water partition coefficient (Wildman–Crippen LogP) is 3.63. The smallest absolute Gasteiger partial charge is 0.0954 e. The van der Waals surface area contributed by atoms with Gasteiger partial charge in [0.1, 0.15) is 0 Å². The summed E-state index contributed by atoms with van der Waals surface area (Å²) < 4.78 is 6.09. The van der Waals surface area contributed by atoms with Crippen LogP contribution in [0.2, 0.25) is 0 Å². The average Bonchev–Trinajstić information content (AvgIpc) is 2.67. The van der Waals surface area contributed by atoms with Crippen molar-refractivity contribution in [3.8, 4) is 0 Å². The third kappa shape index (κ3) is 0.805. The molecular formula is C15H24O. The Balaban J connectivity index is 1.85. The van der Waals surface area contributed by atoms with Crippen LogP contribution in [-0.4, -0.2) is 11.7 Å². The van der Waals surface area contributed by atoms with E-state index < -0.39 is 0 Å². The van der Waals surface area contributed by atoms with Crippen molar-refractivity contribution in [2.75, 3.05) is 0 Å². The summed E-state index contributed by atoms with van der Waals surface area (Å²) in [4.78, 5) is 0. The van der Waals surface area contributed by atoms with E-state index in [4.69, 9.17) is 4.74 Å². The van der Waals surface area contributed by atoms with Gasteiger partial charge in [0, 0.05) is 0 Å². The molecule has 1 nitrogen and oxygen atoms in total.